The minimum Gasteiger partial charge on any atom is -0.502 e. The van der Waals surface area contributed by atoms with Gasteiger partial charge in [-0.1, -0.05) is 0 Å². The third kappa shape index (κ3) is 2.84. The van der Waals surface area contributed by atoms with Crippen molar-refractivity contribution >= 4 is 0 Å². The number of aromatic hydroxyl groups is 1. The molecule has 0 spiro atoms. The summed E-state index contributed by atoms with van der Waals surface area (Å²) in [7, 11) is 0. The van der Waals surface area contributed by atoms with Gasteiger partial charge < -0.3 is 19.5 Å². The highest BCUT2D eigenvalue weighted by Gasteiger charge is 2.15. The normalized spacial score (nSPS) is 11.0. The zero-order valence-corrected chi connectivity index (χ0v) is 9.62. The Balaban J connectivity index is 3.02. The zero-order chi connectivity index (χ0) is 12.1. The molecule has 3 N–H and O–H groups in total. The zero-order valence-electron chi connectivity index (χ0n) is 9.62. The van der Waals surface area contributed by atoms with Gasteiger partial charge in [0, 0.05) is 6.07 Å². The second kappa shape index (κ2) is 5.67. The Hall–Kier alpha value is -1.33. The molecule has 0 aliphatic heterocycles. The summed E-state index contributed by atoms with van der Waals surface area (Å²) in [5.41, 5.74) is -0.503. The van der Waals surface area contributed by atoms with Crippen molar-refractivity contribution in [1.29, 1.82) is 0 Å². The summed E-state index contributed by atoms with van der Waals surface area (Å²) < 4.78 is 5.25. The molecule has 0 saturated heterocycles. The van der Waals surface area contributed by atoms with Gasteiger partial charge in [-0.3, -0.25) is 4.79 Å². The summed E-state index contributed by atoms with van der Waals surface area (Å²) >= 11 is 0. The molecule has 0 bridgehead atoms. The van der Waals surface area contributed by atoms with Crippen LogP contribution in [-0.4, -0.2) is 23.3 Å². The quantitative estimate of drug-likeness (QED) is 0.620. The minimum atomic E-state index is -0.503. The van der Waals surface area contributed by atoms with Crippen LogP contribution in [0.1, 0.15) is 25.4 Å². The van der Waals surface area contributed by atoms with E-state index in [2.05, 4.69) is 0 Å². The molecule has 0 amide bonds. The summed E-state index contributed by atoms with van der Waals surface area (Å²) in [6.07, 6.45) is 0. The Bertz CT molecular complexity index is 395. The van der Waals surface area contributed by atoms with E-state index in [4.69, 9.17) is 9.52 Å². The number of nitrogens with one attached hydrogen (secondary N) is 1. The Kier molecular flexibility index (Phi) is 4.52. The van der Waals surface area contributed by atoms with Crippen molar-refractivity contribution in [1.82, 2.24) is 0 Å². The molecule has 5 nitrogen and oxygen atoms in total. The van der Waals surface area contributed by atoms with E-state index >= 15 is 0 Å². The van der Waals surface area contributed by atoms with Crippen LogP contribution in [0.15, 0.2) is 15.3 Å². The molecule has 5 heteroatoms. The average Bonchev–Trinajstić information content (AvgIpc) is 2.30. The van der Waals surface area contributed by atoms with E-state index in [1.165, 1.54) is 4.90 Å². The van der Waals surface area contributed by atoms with E-state index in [-0.39, 0.29) is 23.9 Å². The lowest BCUT2D eigenvalue weighted by molar-refractivity contribution is -0.911. The topological polar surface area (TPSA) is 75.1 Å². The molecule has 0 aliphatic rings. The van der Waals surface area contributed by atoms with Crippen LogP contribution in [0.25, 0.3) is 0 Å². The van der Waals surface area contributed by atoms with Crippen LogP contribution in [0.4, 0.5) is 0 Å². The molecule has 1 heterocycles. The van der Waals surface area contributed by atoms with E-state index in [1.807, 2.05) is 13.8 Å². The second-order valence-electron chi connectivity index (χ2n) is 3.64. The monoisotopic (exact) mass is 228 g/mol. The van der Waals surface area contributed by atoms with Gasteiger partial charge >= 0.3 is 0 Å². The van der Waals surface area contributed by atoms with Crippen molar-refractivity contribution in [2.45, 2.75) is 27.0 Å². The van der Waals surface area contributed by atoms with Crippen molar-refractivity contribution in [3.63, 3.8) is 0 Å². The van der Waals surface area contributed by atoms with Crippen LogP contribution >= 0.6 is 0 Å². The van der Waals surface area contributed by atoms with E-state index in [0.29, 0.717) is 6.54 Å². The Morgan fingerprint density at radius 1 is 1.38 bits per heavy atom. The number of aliphatic hydroxyl groups excluding tert-OH is 1. The number of rotatable bonds is 5. The third-order valence-electron chi connectivity index (χ3n) is 2.61. The average molecular weight is 228 g/mol. The fourth-order valence-corrected chi connectivity index (χ4v) is 1.51. The maximum Gasteiger partial charge on any atom is 0.227 e. The highest BCUT2D eigenvalue weighted by atomic mass is 16.4. The van der Waals surface area contributed by atoms with Gasteiger partial charge in [0.2, 0.25) is 16.9 Å². The van der Waals surface area contributed by atoms with Crippen LogP contribution in [0.2, 0.25) is 0 Å². The third-order valence-corrected chi connectivity index (χ3v) is 2.61. The van der Waals surface area contributed by atoms with Crippen molar-refractivity contribution < 1.29 is 19.5 Å². The number of hydrogen-bond acceptors (Lipinski definition) is 4. The maximum absolute atomic E-state index is 11.3. The smallest absolute Gasteiger partial charge is 0.227 e. The minimum absolute atomic E-state index is 0.185. The predicted molar refractivity (Wildman–Crippen MR) is 58.3 cm³/mol. The van der Waals surface area contributed by atoms with Crippen LogP contribution in [0.5, 0.6) is 5.75 Å². The van der Waals surface area contributed by atoms with E-state index in [1.54, 1.807) is 0 Å². The largest absolute Gasteiger partial charge is 0.502 e. The molecule has 1 aromatic heterocycles. The highest BCUT2D eigenvalue weighted by Crippen LogP contribution is 2.12. The molecule has 1 rings (SSSR count). The van der Waals surface area contributed by atoms with Crippen LogP contribution in [0, 0.1) is 0 Å². The lowest BCUT2D eigenvalue weighted by atomic mass is 10.3. The van der Waals surface area contributed by atoms with Gasteiger partial charge in [-0.25, -0.2) is 0 Å². The van der Waals surface area contributed by atoms with E-state index in [0.717, 1.165) is 19.2 Å². The fraction of sp³-hybridized carbons (Fsp3) is 0.545. The number of quaternary nitrogens is 1. The van der Waals surface area contributed by atoms with Crippen molar-refractivity contribution in [3.05, 3.63) is 27.8 Å². The molecule has 0 fully saturated rings. The molecular weight excluding hydrogens is 210 g/mol. The first kappa shape index (κ1) is 12.7. The molecule has 16 heavy (non-hydrogen) atoms. The molecular formula is C11H18NO4+. The molecule has 90 valence electrons. The van der Waals surface area contributed by atoms with E-state index in [9.17, 15) is 9.90 Å². The summed E-state index contributed by atoms with van der Waals surface area (Å²) in [6.45, 7) is 5.90. The van der Waals surface area contributed by atoms with Gasteiger partial charge in [0.05, 0.1) is 13.1 Å². The SMILES string of the molecule is CC[NH+](CC)Cc1oc(CO)cc(=O)c1O. The first-order valence-electron chi connectivity index (χ1n) is 5.41. The maximum atomic E-state index is 11.3. The molecule has 0 aliphatic carbocycles. The van der Waals surface area contributed by atoms with E-state index < -0.39 is 5.43 Å². The van der Waals surface area contributed by atoms with Crippen LogP contribution in [-0.2, 0) is 13.2 Å². The van der Waals surface area contributed by atoms with Gasteiger partial charge in [0.1, 0.15) is 18.9 Å². The van der Waals surface area contributed by atoms with Crippen molar-refractivity contribution in [2.24, 2.45) is 0 Å². The highest BCUT2D eigenvalue weighted by molar-refractivity contribution is 5.24. The van der Waals surface area contributed by atoms with Gasteiger partial charge in [0.15, 0.2) is 0 Å². The van der Waals surface area contributed by atoms with Gasteiger partial charge in [-0.15, -0.1) is 0 Å². The first-order valence-corrected chi connectivity index (χ1v) is 5.41. The first-order chi connectivity index (χ1) is 7.62. The molecule has 0 radical (unpaired) electrons. The van der Waals surface area contributed by atoms with Crippen molar-refractivity contribution in [3.8, 4) is 5.75 Å². The molecule has 0 aromatic carbocycles. The molecule has 0 atom stereocenters. The van der Waals surface area contributed by atoms with Gasteiger partial charge in [0.25, 0.3) is 0 Å². The lowest BCUT2D eigenvalue weighted by Crippen LogP contribution is -3.10. The Morgan fingerprint density at radius 3 is 2.50 bits per heavy atom. The predicted octanol–water partition coefficient (Wildman–Crippen LogP) is -0.738. The summed E-state index contributed by atoms with van der Waals surface area (Å²) in [4.78, 5) is 12.5. The molecule has 0 unspecified atom stereocenters. The standard InChI is InChI=1S/C11H17NO4/c1-3-12(4-2)6-10-11(15)9(14)5-8(7-13)16-10/h5,13,15H,3-4,6-7H2,1-2H3/p+1. The molecule has 0 saturated carbocycles. The summed E-state index contributed by atoms with van der Waals surface area (Å²) in [5.74, 6) is 0.0798. The number of hydrogen-bond donors (Lipinski definition) is 3. The fourth-order valence-electron chi connectivity index (χ4n) is 1.51. The lowest BCUT2D eigenvalue weighted by Gasteiger charge is -2.15. The number of aliphatic hydroxyl groups is 1. The van der Waals surface area contributed by atoms with Crippen LogP contribution < -0.4 is 10.3 Å². The van der Waals surface area contributed by atoms with Gasteiger partial charge in [-0.05, 0) is 13.8 Å². The second-order valence-corrected chi connectivity index (χ2v) is 3.64. The van der Waals surface area contributed by atoms with Gasteiger partial charge in [-0.2, -0.15) is 0 Å². The summed E-state index contributed by atoms with van der Waals surface area (Å²) in [6, 6.07) is 1.11. The Labute approximate surface area is 93.9 Å². The molecule has 1 aromatic rings. The van der Waals surface area contributed by atoms with Crippen molar-refractivity contribution in [2.75, 3.05) is 13.1 Å². The van der Waals surface area contributed by atoms with Crippen LogP contribution in [0.3, 0.4) is 0 Å². The summed E-state index contributed by atoms with van der Waals surface area (Å²) in [5, 5.41) is 18.5. The Morgan fingerprint density at radius 2 is 2.00 bits per heavy atom.